The second kappa shape index (κ2) is 25.1. The zero-order valence-corrected chi connectivity index (χ0v) is 52.6. The molecule has 11 rings (SSSR count). The van der Waals surface area contributed by atoms with E-state index in [9.17, 15) is 29.1 Å². The summed E-state index contributed by atoms with van der Waals surface area (Å²) >= 11 is 0. The van der Waals surface area contributed by atoms with Crippen molar-refractivity contribution in [2.24, 2.45) is 0 Å². The molecule has 2 atom stereocenters. The molecule has 5 aromatic rings. The number of rotatable bonds is 24. The summed E-state index contributed by atoms with van der Waals surface area (Å²) in [5, 5.41) is 10.4. The fourth-order valence-electron chi connectivity index (χ4n) is 11.8. The molecule has 0 spiro atoms. The minimum Gasteiger partial charge on any atom is -0.493 e. The van der Waals surface area contributed by atoms with Gasteiger partial charge >= 0.3 is 6.09 Å². The van der Waals surface area contributed by atoms with Crippen LogP contribution in [0.4, 0.5) is 16.2 Å². The average Bonchev–Trinajstić information content (AvgIpc) is 1.87. The molecule has 21 heteroatoms. The molecule has 0 radical (unpaired) electrons. The van der Waals surface area contributed by atoms with E-state index < -0.39 is 40.2 Å². The predicted molar refractivity (Wildman–Crippen MR) is 335 cm³/mol. The van der Waals surface area contributed by atoms with Gasteiger partial charge in [0.2, 0.25) is 6.79 Å². The van der Waals surface area contributed by atoms with Crippen LogP contribution in [-0.2, 0) is 19.1 Å². The van der Waals surface area contributed by atoms with E-state index >= 15 is 0 Å². The summed E-state index contributed by atoms with van der Waals surface area (Å²) in [6.07, 6.45) is 6.73. The molecule has 5 aromatic carbocycles. The number of nitrogens with zero attached hydrogens (tertiary/aromatic N) is 5. The first-order chi connectivity index (χ1) is 41.8. The number of hydrogen-bond donors (Lipinski definition) is 1. The topological polar surface area (TPSA) is 196 Å². The monoisotopic (exact) mass is 1220 g/mol. The van der Waals surface area contributed by atoms with Crippen molar-refractivity contribution in [2.45, 2.75) is 88.6 Å². The average molecular weight is 1220 g/mol. The van der Waals surface area contributed by atoms with Crippen LogP contribution >= 0.6 is 0 Å². The normalized spacial score (nSPS) is 17.7. The largest absolute Gasteiger partial charge is 0.493 e. The summed E-state index contributed by atoms with van der Waals surface area (Å²) in [5.74, 6) is 0.820. The first-order valence-electron chi connectivity index (χ1n) is 29.6. The predicted octanol–water partition coefficient (Wildman–Crippen LogP) is 11.3. The fraction of sp³-hybridized carbons (Fsp3) is 0.379. The second-order valence-electron chi connectivity index (χ2n) is 24.9. The molecule has 0 saturated heterocycles. The van der Waals surface area contributed by atoms with Crippen molar-refractivity contribution in [3.63, 3.8) is 0 Å². The Morgan fingerprint density at radius 3 is 1.70 bits per heavy atom. The van der Waals surface area contributed by atoms with Crippen LogP contribution in [0, 0.1) is 0 Å². The lowest BCUT2D eigenvalue weighted by Crippen LogP contribution is -2.45. The third-order valence-corrected chi connectivity index (χ3v) is 20.0. The first kappa shape index (κ1) is 60.3. The molecule has 5 amide bonds. The molecule has 1 aliphatic carbocycles. The fourth-order valence-corrected chi connectivity index (χ4v) is 13.3. The number of carboxylic acid groups (broad SMARTS) is 1. The highest BCUT2D eigenvalue weighted by Crippen LogP contribution is 2.47. The van der Waals surface area contributed by atoms with Crippen LogP contribution in [0.25, 0.3) is 16.7 Å². The molecule has 19 nitrogen and oxygen atoms in total. The van der Waals surface area contributed by atoms with E-state index in [2.05, 4.69) is 63.5 Å². The van der Waals surface area contributed by atoms with Gasteiger partial charge in [0.05, 0.1) is 49.9 Å². The number of carbonyl (C=O) groups is 5. The highest BCUT2D eigenvalue weighted by atomic mass is 28.3. The minimum absolute atomic E-state index is 0.0780. The maximum Gasteiger partial charge on any atom is 0.407 e. The molecule has 5 aliphatic heterocycles. The van der Waals surface area contributed by atoms with Gasteiger partial charge in [-0.3, -0.25) is 29.0 Å². The molecular weight excluding hydrogens is 1140 g/mol. The lowest BCUT2D eigenvalue weighted by atomic mass is 9.96. The van der Waals surface area contributed by atoms with Crippen molar-refractivity contribution in [2.75, 3.05) is 83.8 Å². The van der Waals surface area contributed by atoms with E-state index in [1.807, 2.05) is 42.5 Å². The van der Waals surface area contributed by atoms with Gasteiger partial charge in [-0.25, -0.2) is 4.79 Å². The van der Waals surface area contributed by atoms with Crippen molar-refractivity contribution in [3.8, 4) is 45.6 Å². The molecule has 456 valence electrons. The molecule has 0 aromatic heterocycles. The summed E-state index contributed by atoms with van der Waals surface area (Å²) in [6, 6.07) is 28.3. The smallest absolute Gasteiger partial charge is 0.407 e. The zero-order chi connectivity index (χ0) is 61.3. The molecule has 0 saturated carbocycles. The molecule has 0 fully saturated rings. The van der Waals surface area contributed by atoms with Crippen LogP contribution in [0.5, 0.6) is 34.5 Å². The third kappa shape index (κ3) is 12.7. The maximum absolute atomic E-state index is 14.9. The molecule has 5 heterocycles. The van der Waals surface area contributed by atoms with Crippen molar-refractivity contribution in [1.82, 2.24) is 14.7 Å². The van der Waals surface area contributed by atoms with E-state index in [0.29, 0.717) is 59.6 Å². The van der Waals surface area contributed by atoms with Gasteiger partial charge in [0.15, 0.2) is 34.5 Å². The van der Waals surface area contributed by atoms with Gasteiger partial charge < -0.3 is 57.7 Å². The second-order valence-corrected chi connectivity index (χ2v) is 36.2. The summed E-state index contributed by atoms with van der Waals surface area (Å²) in [6.45, 7) is 14.9. The molecule has 0 bridgehead atoms. The summed E-state index contributed by atoms with van der Waals surface area (Å²) in [7, 11) is -0.0304. The van der Waals surface area contributed by atoms with Crippen molar-refractivity contribution in [1.29, 1.82) is 0 Å². The Labute approximate surface area is 509 Å². The van der Waals surface area contributed by atoms with Gasteiger partial charge in [-0.05, 0) is 75.3 Å². The van der Waals surface area contributed by atoms with Crippen LogP contribution in [-0.4, -0.2) is 152 Å². The van der Waals surface area contributed by atoms with E-state index in [1.54, 1.807) is 48.8 Å². The Morgan fingerprint density at radius 2 is 1.16 bits per heavy atom. The SMILES string of the molecule is COc1cc2c(cc1OCCCOc1cc3c(cc1OC)C(=O)N1C=C(c4ccc5c(c4)OCO5)C[C@H]1C(=O)N3COCC[Si](C)(C)C)N(COCC[Si](C)(C)C)C(=O)[C@@H]1CC(C=CCN(CC3c4ccccc4-c4ccccc43)C(=O)O)=CN1C2=O. The first-order valence-corrected chi connectivity index (χ1v) is 37.0. The van der Waals surface area contributed by atoms with E-state index in [-0.39, 0.29) is 106 Å². The summed E-state index contributed by atoms with van der Waals surface area (Å²) in [5.41, 5.74) is 7.81. The van der Waals surface area contributed by atoms with E-state index in [0.717, 1.165) is 45.5 Å². The molecule has 0 unspecified atom stereocenters. The van der Waals surface area contributed by atoms with Gasteiger partial charge in [0.1, 0.15) is 25.5 Å². The number of anilines is 2. The highest BCUT2D eigenvalue weighted by Gasteiger charge is 2.45. The number of benzene rings is 5. The summed E-state index contributed by atoms with van der Waals surface area (Å²) in [4.78, 5) is 79.1. The molecule has 6 aliphatic rings. The van der Waals surface area contributed by atoms with Crippen LogP contribution in [0.2, 0.25) is 51.4 Å². The molecular formula is C66H75N5O14Si2. The number of amides is 5. The Hall–Kier alpha value is -8.38. The number of ether oxygens (including phenoxy) is 8. The maximum atomic E-state index is 14.9. The van der Waals surface area contributed by atoms with Gasteiger partial charge in [-0.1, -0.05) is 106 Å². The number of fused-ring (bicyclic) bond motifs is 8. The van der Waals surface area contributed by atoms with Crippen LogP contribution in [0.15, 0.2) is 121 Å². The Kier molecular flexibility index (Phi) is 17.4. The van der Waals surface area contributed by atoms with Crippen LogP contribution < -0.4 is 38.2 Å². The lowest BCUT2D eigenvalue weighted by molar-refractivity contribution is -0.123. The third-order valence-electron chi connectivity index (χ3n) is 16.6. The minimum atomic E-state index is -1.52. The molecule has 1 N–H and O–H groups in total. The van der Waals surface area contributed by atoms with Crippen molar-refractivity contribution >= 4 is 62.8 Å². The van der Waals surface area contributed by atoms with Crippen LogP contribution in [0.3, 0.4) is 0 Å². The van der Waals surface area contributed by atoms with E-state index in [4.69, 9.17) is 37.9 Å². The number of hydrogen-bond acceptors (Lipinski definition) is 13. The standard InChI is InChI=1S/C66H75N5O14Si2/c1-78-57-32-49-52(70(39-80-25-27-86(3,4)5)64(74)54-29-42(36-68(54)62(49)72)15-13-22-67(66(76)77)38-51-47-18-11-9-16-45(47)46-17-10-12-19-48(46)51)34-60(57)82-23-14-24-83-61-35-53-50(33-58(61)79-2)63(73)69-37-44(43-20-21-56-59(31-43)85-41-84-56)30-55(69)65(75)71(53)40-81-26-28-87(6,7)8/h9-13,15-21,31-37,51,54-55H,14,22-30,38-41H2,1-8H3,(H,76,77)/t54-,55-/m0/s1. The molecule has 87 heavy (non-hydrogen) atoms. The van der Waals surface area contributed by atoms with Gasteiger partial charge in [0.25, 0.3) is 23.6 Å². The van der Waals surface area contributed by atoms with Crippen molar-refractivity contribution < 1.29 is 67.0 Å². The van der Waals surface area contributed by atoms with E-state index in [1.165, 1.54) is 38.7 Å². The Balaban J connectivity index is 0.794. The zero-order valence-electron chi connectivity index (χ0n) is 50.6. The quantitative estimate of drug-likeness (QED) is 0.0452. The number of methoxy groups -OCH3 is 2. The highest BCUT2D eigenvalue weighted by molar-refractivity contribution is 6.76. The Morgan fingerprint density at radius 1 is 0.632 bits per heavy atom. The van der Waals surface area contributed by atoms with Gasteiger partial charge in [0, 0.05) is 92.2 Å². The Bertz CT molecular complexity index is 3560. The van der Waals surface area contributed by atoms with Gasteiger partial charge in [-0.2, -0.15) is 0 Å². The van der Waals surface area contributed by atoms with Crippen molar-refractivity contribution in [3.05, 3.63) is 149 Å². The summed E-state index contributed by atoms with van der Waals surface area (Å²) < 4.78 is 48.1. The van der Waals surface area contributed by atoms with Gasteiger partial charge in [-0.15, -0.1) is 0 Å². The van der Waals surface area contributed by atoms with Crippen LogP contribution in [0.1, 0.15) is 62.6 Å². The lowest BCUT2D eigenvalue weighted by Gasteiger charge is -2.27. The number of allylic oxidation sites excluding steroid dienone is 1. The number of carbonyl (C=O) groups excluding carboxylic acids is 4.